The highest BCUT2D eigenvalue weighted by Crippen LogP contribution is 2.43. The van der Waals surface area contributed by atoms with Crippen LogP contribution in [0.5, 0.6) is 0 Å². The molecule has 0 aromatic heterocycles. The number of rotatable bonds is 5. The molecule has 1 aliphatic carbocycles. The molecule has 2 aliphatic rings. The van der Waals surface area contributed by atoms with Gasteiger partial charge in [0, 0.05) is 38.1 Å². The lowest BCUT2D eigenvalue weighted by Gasteiger charge is -2.30. The molecule has 3 atom stereocenters. The molecule has 0 amide bonds. The van der Waals surface area contributed by atoms with Crippen LogP contribution in [0.15, 0.2) is 11.1 Å². The second kappa shape index (κ2) is 6.28. The van der Waals surface area contributed by atoms with Crippen LogP contribution in [0.25, 0.3) is 0 Å². The van der Waals surface area contributed by atoms with Gasteiger partial charge in [0.2, 0.25) is 0 Å². The fourth-order valence-corrected chi connectivity index (χ4v) is 4.82. The Kier molecular flexibility index (Phi) is 5.03. The Labute approximate surface area is 128 Å². The molecular formula is C15H25NO4S. The number of fused-ring (bicyclic) bond motifs is 1. The van der Waals surface area contributed by atoms with Gasteiger partial charge in [-0.2, -0.15) is 0 Å². The maximum atomic E-state index is 12.7. The van der Waals surface area contributed by atoms with Gasteiger partial charge in [0.05, 0.1) is 4.75 Å². The number of nitrogens with zero attached hydrogens (tertiary/aromatic N) is 1. The number of carbonyl (C=O) groups is 1. The SMILES string of the molecule is CC(C)(C)S(=O)N1C[C@H]2CC(=O)C(CCO)=C2[C@@H]1CCO. The zero-order valence-corrected chi connectivity index (χ0v) is 13.8. The third-order valence-electron chi connectivity index (χ3n) is 4.16. The Balaban J connectivity index is 2.37. The van der Waals surface area contributed by atoms with Gasteiger partial charge in [0.15, 0.2) is 5.78 Å². The van der Waals surface area contributed by atoms with E-state index in [4.69, 9.17) is 0 Å². The summed E-state index contributed by atoms with van der Waals surface area (Å²) in [4.78, 5) is 12.1. The Bertz CT molecular complexity index is 481. The molecule has 0 aromatic rings. The van der Waals surface area contributed by atoms with Crippen LogP contribution >= 0.6 is 0 Å². The minimum atomic E-state index is -1.17. The van der Waals surface area contributed by atoms with Crippen LogP contribution in [0.3, 0.4) is 0 Å². The van der Waals surface area contributed by atoms with Crippen molar-refractivity contribution in [2.24, 2.45) is 5.92 Å². The van der Waals surface area contributed by atoms with E-state index in [1.165, 1.54) is 0 Å². The number of aliphatic hydroxyl groups is 2. The topological polar surface area (TPSA) is 77.8 Å². The molecule has 1 unspecified atom stereocenters. The van der Waals surface area contributed by atoms with Crippen LogP contribution in [0, 0.1) is 5.92 Å². The number of carbonyl (C=O) groups excluding carboxylic acids is 1. The fourth-order valence-electron chi connectivity index (χ4n) is 3.35. The highest BCUT2D eigenvalue weighted by molar-refractivity contribution is 7.84. The van der Waals surface area contributed by atoms with Gasteiger partial charge in [-0.05, 0) is 44.8 Å². The number of hydrogen-bond donors (Lipinski definition) is 2. The van der Waals surface area contributed by atoms with Gasteiger partial charge in [0.1, 0.15) is 11.0 Å². The van der Waals surface area contributed by atoms with Crippen molar-refractivity contribution in [3.05, 3.63) is 11.1 Å². The largest absolute Gasteiger partial charge is 0.396 e. The second-order valence-corrected chi connectivity index (χ2v) is 8.91. The van der Waals surface area contributed by atoms with Crippen molar-refractivity contribution < 1.29 is 19.2 Å². The predicted molar refractivity (Wildman–Crippen MR) is 81.9 cm³/mol. The van der Waals surface area contributed by atoms with E-state index in [9.17, 15) is 19.2 Å². The summed E-state index contributed by atoms with van der Waals surface area (Å²) in [5.41, 5.74) is 1.72. The van der Waals surface area contributed by atoms with E-state index in [0.29, 0.717) is 31.4 Å². The van der Waals surface area contributed by atoms with Gasteiger partial charge in [-0.1, -0.05) is 0 Å². The number of ketones is 1. The molecule has 2 N–H and O–H groups in total. The molecule has 120 valence electrons. The molecule has 6 heteroatoms. The maximum absolute atomic E-state index is 12.7. The molecular weight excluding hydrogens is 290 g/mol. The van der Waals surface area contributed by atoms with Crippen LogP contribution in [0.1, 0.15) is 40.0 Å². The van der Waals surface area contributed by atoms with Crippen molar-refractivity contribution in [1.29, 1.82) is 0 Å². The van der Waals surface area contributed by atoms with Gasteiger partial charge in [-0.25, -0.2) is 8.51 Å². The number of Topliss-reactive ketones (excluding diaryl/α,β-unsaturated/α-hetero) is 1. The van der Waals surface area contributed by atoms with Crippen molar-refractivity contribution in [1.82, 2.24) is 4.31 Å². The van der Waals surface area contributed by atoms with Crippen molar-refractivity contribution in [2.75, 3.05) is 19.8 Å². The molecule has 1 heterocycles. The van der Waals surface area contributed by atoms with E-state index in [1.54, 1.807) is 0 Å². The lowest BCUT2D eigenvalue weighted by atomic mass is 9.96. The number of aliphatic hydroxyl groups excluding tert-OH is 2. The van der Waals surface area contributed by atoms with Gasteiger partial charge < -0.3 is 10.2 Å². The normalized spacial score (nSPS) is 28.3. The Hall–Kier alpha value is -0.560. The highest BCUT2D eigenvalue weighted by atomic mass is 32.2. The first kappa shape index (κ1) is 16.8. The van der Waals surface area contributed by atoms with Crippen LogP contribution in [0.4, 0.5) is 0 Å². The van der Waals surface area contributed by atoms with Crippen LogP contribution in [0.2, 0.25) is 0 Å². The molecule has 0 aromatic carbocycles. The van der Waals surface area contributed by atoms with Gasteiger partial charge in [0.25, 0.3) is 0 Å². The summed E-state index contributed by atoms with van der Waals surface area (Å²) in [6.07, 6.45) is 1.29. The average molecular weight is 315 g/mol. The van der Waals surface area contributed by atoms with Crippen molar-refractivity contribution in [3.63, 3.8) is 0 Å². The Morgan fingerprint density at radius 2 is 1.95 bits per heavy atom. The van der Waals surface area contributed by atoms with E-state index < -0.39 is 11.0 Å². The quantitative estimate of drug-likeness (QED) is 0.786. The van der Waals surface area contributed by atoms with E-state index in [1.807, 2.05) is 25.1 Å². The third-order valence-corrected chi connectivity index (χ3v) is 6.04. The molecule has 0 radical (unpaired) electrons. The Morgan fingerprint density at radius 3 is 2.48 bits per heavy atom. The molecule has 5 nitrogen and oxygen atoms in total. The van der Waals surface area contributed by atoms with Gasteiger partial charge >= 0.3 is 0 Å². The molecule has 1 fully saturated rings. The molecule has 21 heavy (non-hydrogen) atoms. The Morgan fingerprint density at radius 1 is 1.29 bits per heavy atom. The summed E-state index contributed by atoms with van der Waals surface area (Å²) in [7, 11) is -1.17. The van der Waals surface area contributed by atoms with E-state index in [2.05, 4.69) is 0 Å². The fraction of sp³-hybridized carbons (Fsp3) is 0.800. The lowest BCUT2D eigenvalue weighted by Crippen LogP contribution is -2.41. The summed E-state index contributed by atoms with van der Waals surface area (Å²) >= 11 is 0. The first-order chi connectivity index (χ1) is 9.81. The monoisotopic (exact) mass is 315 g/mol. The summed E-state index contributed by atoms with van der Waals surface area (Å²) < 4.78 is 14.3. The van der Waals surface area contributed by atoms with Crippen molar-refractivity contribution in [2.45, 2.75) is 50.8 Å². The van der Waals surface area contributed by atoms with Crippen molar-refractivity contribution in [3.8, 4) is 0 Å². The molecule has 1 aliphatic heterocycles. The van der Waals surface area contributed by atoms with Crippen LogP contribution in [-0.4, -0.2) is 55.1 Å². The smallest absolute Gasteiger partial charge is 0.159 e. The molecule has 0 saturated carbocycles. The zero-order valence-electron chi connectivity index (χ0n) is 13.0. The highest BCUT2D eigenvalue weighted by Gasteiger charge is 2.47. The molecule has 1 saturated heterocycles. The molecule has 0 spiro atoms. The van der Waals surface area contributed by atoms with E-state index in [-0.39, 0.29) is 35.7 Å². The second-order valence-electron chi connectivity index (χ2n) is 6.72. The zero-order chi connectivity index (χ0) is 15.8. The molecule has 2 rings (SSSR count). The minimum absolute atomic E-state index is 0.000670. The third kappa shape index (κ3) is 3.13. The van der Waals surface area contributed by atoms with Gasteiger partial charge in [-0.15, -0.1) is 0 Å². The van der Waals surface area contributed by atoms with E-state index in [0.717, 1.165) is 5.57 Å². The molecule has 0 bridgehead atoms. The first-order valence-electron chi connectivity index (χ1n) is 7.47. The maximum Gasteiger partial charge on any atom is 0.159 e. The minimum Gasteiger partial charge on any atom is -0.396 e. The van der Waals surface area contributed by atoms with Crippen LogP contribution in [-0.2, 0) is 15.8 Å². The van der Waals surface area contributed by atoms with Crippen molar-refractivity contribution >= 4 is 16.8 Å². The van der Waals surface area contributed by atoms with E-state index >= 15 is 0 Å². The summed E-state index contributed by atoms with van der Waals surface area (Å²) in [6, 6.07) is -0.145. The standard InChI is InChI=1S/C15H25NO4S/c1-15(2,3)21(20)16-9-10-8-13(19)11(4-6-17)14(10)12(16)5-7-18/h10,12,17-18H,4-9H2,1-3H3/t10-,12+,21?/m1/s1. The van der Waals surface area contributed by atoms with Crippen LogP contribution < -0.4 is 0 Å². The summed E-state index contributed by atoms with van der Waals surface area (Å²) in [6.45, 7) is 6.35. The summed E-state index contributed by atoms with van der Waals surface area (Å²) in [5, 5.41) is 18.5. The first-order valence-corrected chi connectivity index (χ1v) is 8.58. The summed E-state index contributed by atoms with van der Waals surface area (Å²) in [5.74, 6) is 0.204. The number of hydrogen-bond acceptors (Lipinski definition) is 4. The lowest BCUT2D eigenvalue weighted by molar-refractivity contribution is -0.115. The predicted octanol–water partition coefficient (Wildman–Crippen LogP) is 0.783. The average Bonchev–Trinajstić information content (AvgIpc) is 2.87. The van der Waals surface area contributed by atoms with Gasteiger partial charge in [-0.3, -0.25) is 4.79 Å².